The van der Waals surface area contributed by atoms with E-state index in [0.717, 1.165) is 21.9 Å². The summed E-state index contributed by atoms with van der Waals surface area (Å²) < 4.78 is 2.03. The van der Waals surface area contributed by atoms with Gasteiger partial charge in [0.1, 0.15) is 17.1 Å². The summed E-state index contributed by atoms with van der Waals surface area (Å²) in [6, 6.07) is 8.08. The highest BCUT2D eigenvalue weighted by Gasteiger charge is 2.11. The lowest BCUT2D eigenvalue weighted by atomic mass is 10.2. The third kappa shape index (κ3) is 1.07. The summed E-state index contributed by atoms with van der Waals surface area (Å²) in [5.74, 6) is 0. The van der Waals surface area contributed by atoms with Crippen molar-refractivity contribution in [3.05, 3.63) is 35.7 Å². The Morgan fingerprint density at radius 3 is 2.87 bits per heavy atom. The maximum absolute atomic E-state index is 6.08. The van der Waals surface area contributed by atoms with Crippen molar-refractivity contribution < 1.29 is 0 Å². The molecule has 0 N–H and O–H groups in total. The van der Waals surface area contributed by atoms with Gasteiger partial charge >= 0.3 is 0 Å². The lowest BCUT2D eigenvalue weighted by Gasteiger charge is -1.95. The monoisotopic (exact) mass is 217 g/mol. The third-order valence-electron chi connectivity index (χ3n) is 2.63. The first kappa shape index (κ1) is 8.68. The molecule has 3 aromatic rings. The number of halogens is 1. The van der Waals surface area contributed by atoms with E-state index in [2.05, 4.69) is 9.97 Å². The van der Waals surface area contributed by atoms with Crippen LogP contribution in [0.25, 0.3) is 21.9 Å². The molecule has 74 valence electrons. The average Bonchev–Trinajstić information content (AvgIpc) is 2.55. The van der Waals surface area contributed by atoms with Gasteiger partial charge < -0.3 is 4.57 Å². The third-order valence-corrected chi connectivity index (χ3v) is 2.92. The van der Waals surface area contributed by atoms with E-state index in [4.69, 9.17) is 11.6 Å². The van der Waals surface area contributed by atoms with Gasteiger partial charge in [-0.05, 0) is 6.07 Å². The van der Waals surface area contributed by atoms with Gasteiger partial charge in [0.25, 0.3) is 0 Å². The first-order chi connectivity index (χ1) is 7.29. The van der Waals surface area contributed by atoms with Crippen LogP contribution in [0.2, 0.25) is 5.15 Å². The average molecular weight is 218 g/mol. The van der Waals surface area contributed by atoms with Crippen molar-refractivity contribution in [3.8, 4) is 0 Å². The Hall–Kier alpha value is -1.61. The molecule has 0 aliphatic heterocycles. The SMILES string of the molecule is Cn1c2ccccc2c2c(Cl)ncnc21. The van der Waals surface area contributed by atoms with E-state index < -0.39 is 0 Å². The van der Waals surface area contributed by atoms with Gasteiger partial charge in [-0.3, -0.25) is 0 Å². The summed E-state index contributed by atoms with van der Waals surface area (Å²) in [6.07, 6.45) is 1.49. The standard InChI is InChI=1S/C11H8ClN3/c1-15-8-5-3-2-4-7(8)9-10(12)13-6-14-11(9)15/h2-6H,1H3. The van der Waals surface area contributed by atoms with E-state index in [-0.39, 0.29) is 0 Å². The number of fused-ring (bicyclic) bond motifs is 3. The highest BCUT2D eigenvalue weighted by atomic mass is 35.5. The summed E-state index contributed by atoms with van der Waals surface area (Å²) >= 11 is 6.08. The minimum atomic E-state index is 0.511. The molecule has 0 aliphatic rings. The number of para-hydroxylation sites is 1. The fourth-order valence-electron chi connectivity index (χ4n) is 1.93. The summed E-state index contributed by atoms with van der Waals surface area (Å²) in [5.41, 5.74) is 1.99. The predicted molar refractivity (Wildman–Crippen MR) is 61.0 cm³/mol. The van der Waals surface area contributed by atoms with Crippen LogP contribution in [-0.2, 0) is 7.05 Å². The van der Waals surface area contributed by atoms with Gasteiger partial charge in [0.15, 0.2) is 0 Å². The van der Waals surface area contributed by atoms with Crippen LogP contribution in [0.5, 0.6) is 0 Å². The Kier molecular flexibility index (Phi) is 1.70. The Balaban J connectivity index is 2.70. The van der Waals surface area contributed by atoms with Crippen molar-refractivity contribution in [3.63, 3.8) is 0 Å². The zero-order valence-electron chi connectivity index (χ0n) is 8.11. The maximum Gasteiger partial charge on any atom is 0.145 e. The molecule has 0 amide bonds. The first-order valence-corrected chi connectivity index (χ1v) is 5.00. The lowest BCUT2D eigenvalue weighted by Crippen LogP contribution is -1.89. The highest BCUT2D eigenvalue weighted by Crippen LogP contribution is 2.30. The van der Waals surface area contributed by atoms with Gasteiger partial charge in [-0.15, -0.1) is 0 Å². The van der Waals surface area contributed by atoms with Gasteiger partial charge in [0.2, 0.25) is 0 Å². The molecule has 3 nitrogen and oxygen atoms in total. The zero-order chi connectivity index (χ0) is 10.4. The van der Waals surface area contributed by atoms with E-state index in [9.17, 15) is 0 Å². The van der Waals surface area contributed by atoms with Crippen molar-refractivity contribution in [2.75, 3.05) is 0 Å². The molecule has 0 saturated heterocycles. The molecule has 0 bridgehead atoms. The summed E-state index contributed by atoms with van der Waals surface area (Å²) in [6.45, 7) is 0. The van der Waals surface area contributed by atoms with Crippen LogP contribution < -0.4 is 0 Å². The van der Waals surface area contributed by atoms with Crippen LogP contribution in [0.4, 0.5) is 0 Å². The second-order valence-corrected chi connectivity index (χ2v) is 3.80. The van der Waals surface area contributed by atoms with Crippen LogP contribution in [0.3, 0.4) is 0 Å². The lowest BCUT2D eigenvalue weighted by molar-refractivity contribution is 0.982. The van der Waals surface area contributed by atoms with E-state index in [1.807, 2.05) is 35.9 Å². The Bertz CT molecular complexity index is 657. The van der Waals surface area contributed by atoms with E-state index >= 15 is 0 Å². The smallest absolute Gasteiger partial charge is 0.145 e. The van der Waals surface area contributed by atoms with Crippen LogP contribution in [-0.4, -0.2) is 14.5 Å². The van der Waals surface area contributed by atoms with Crippen molar-refractivity contribution >= 4 is 33.5 Å². The number of hydrogen-bond acceptors (Lipinski definition) is 2. The van der Waals surface area contributed by atoms with E-state index in [1.54, 1.807) is 0 Å². The molecular formula is C11H8ClN3. The topological polar surface area (TPSA) is 30.7 Å². The van der Waals surface area contributed by atoms with Crippen molar-refractivity contribution in [1.82, 2.24) is 14.5 Å². The Morgan fingerprint density at radius 2 is 2.00 bits per heavy atom. The summed E-state index contributed by atoms with van der Waals surface area (Å²) in [7, 11) is 1.98. The second-order valence-electron chi connectivity index (χ2n) is 3.44. The molecule has 0 radical (unpaired) electrons. The van der Waals surface area contributed by atoms with Crippen LogP contribution in [0.15, 0.2) is 30.6 Å². The molecular weight excluding hydrogens is 210 g/mol. The van der Waals surface area contributed by atoms with Gasteiger partial charge in [0, 0.05) is 12.4 Å². The molecule has 4 heteroatoms. The minimum Gasteiger partial charge on any atom is -0.328 e. The Morgan fingerprint density at radius 1 is 1.20 bits per heavy atom. The molecule has 2 aromatic heterocycles. The molecule has 0 aliphatic carbocycles. The van der Waals surface area contributed by atoms with Crippen LogP contribution in [0, 0.1) is 0 Å². The number of nitrogens with zero attached hydrogens (tertiary/aromatic N) is 3. The zero-order valence-corrected chi connectivity index (χ0v) is 8.86. The van der Waals surface area contributed by atoms with E-state index in [1.165, 1.54) is 6.33 Å². The molecule has 0 unspecified atom stereocenters. The summed E-state index contributed by atoms with van der Waals surface area (Å²) in [5, 5.41) is 2.54. The van der Waals surface area contributed by atoms with Crippen molar-refractivity contribution in [1.29, 1.82) is 0 Å². The van der Waals surface area contributed by atoms with Crippen molar-refractivity contribution in [2.24, 2.45) is 7.05 Å². The maximum atomic E-state index is 6.08. The van der Waals surface area contributed by atoms with Crippen LogP contribution >= 0.6 is 11.6 Å². The molecule has 0 fully saturated rings. The number of rotatable bonds is 0. The number of aromatic nitrogens is 3. The molecule has 3 rings (SSSR count). The second kappa shape index (κ2) is 2.94. The molecule has 15 heavy (non-hydrogen) atoms. The number of aryl methyl sites for hydroxylation is 1. The number of benzene rings is 1. The van der Waals surface area contributed by atoms with Gasteiger partial charge in [-0.1, -0.05) is 29.8 Å². The molecule has 0 spiro atoms. The fraction of sp³-hybridized carbons (Fsp3) is 0.0909. The molecule has 2 heterocycles. The number of hydrogen-bond donors (Lipinski definition) is 0. The van der Waals surface area contributed by atoms with Gasteiger partial charge in [-0.2, -0.15) is 0 Å². The van der Waals surface area contributed by atoms with Gasteiger partial charge in [0.05, 0.1) is 10.9 Å². The molecule has 0 atom stereocenters. The van der Waals surface area contributed by atoms with E-state index in [0.29, 0.717) is 5.15 Å². The van der Waals surface area contributed by atoms with Crippen LogP contribution in [0.1, 0.15) is 0 Å². The quantitative estimate of drug-likeness (QED) is 0.542. The predicted octanol–water partition coefficient (Wildman–Crippen LogP) is 2.77. The summed E-state index contributed by atoms with van der Waals surface area (Å²) in [4.78, 5) is 8.26. The van der Waals surface area contributed by atoms with Crippen molar-refractivity contribution in [2.45, 2.75) is 0 Å². The molecule has 0 saturated carbocycles. The normalized spacial score (nSPS) is 11.3. The fourth-order valence-corrected chi connectivity index (χ4v) is 2.16. The highest BCUT2D eigenvalue weighted by molar-refractivity contribution is 6.36. The minimum absolute atomic E-state index is 0.511. The first-order valence-electron chi connectivity index (χ1n) is 4.62. The van der Waals surface area contributed by atoms with Gasteiger partial charge in [-0.25, -0.2) is 9.97 Å². The largest absolute Gasteiger partial charge is 0.328 e. The molecule has 1 aromatic carbocycles. The Labute approximate surface area is 91.3 Å².